The summed E-state index contributed by atoms with van der Waals surface area (Å²) in [5.41, 5.74) is 8.17. The predicted octanol–water partition coefficient (Wildman–Crippen LogP) is 2.97. The summed E-state index contributed by atoms with van der Waals surface area (Å²) in [6.45, 7) is 4.08. The van der Waals surface area contributed by atoms with Crippen molar-refractivity contribution in [3.8, 4) is 5.75 Å². The molecule has 1 unspecified atom stereocenters. The summed E-state index contributed by atoms with van der Waals surface area (Å²) in [7, 11) is 1.65. The van der Waals surface area contributed by atoms with Gasteiger partial charge < -0.3 is 20.5 Å². The molecule has 8 heteroatoms. The Balaban J connectivity index is 0.00000320. The molecule has 2 aromatic rings. The van der Waals surface area contributed by atoms with Crippen LogP contribution < -0.4 is 15.8 Å². The molecule has 1 fully saturated rings. The maximum Gasteiger partial charge on any atom is 0.188 e. The maximum absolute atomic E-state index is 13.7. The Labute approximate surface area is 194 Å². The van der Waals surface area contributed by atoms with Gasteiger partial charge in [0.1, 0.15) is 11.6 Å². The van der Waals surface area contributed by atoms with E-state index in [0.29, 0.717) is 32.3 Å². The zero-order chi connectivity index (χ0) is 20.5. The molecule has 0 aromatic heterocycles. The van der Waals surface area contributed by atoms with Crippen molar-refractivity contribution in [2.75, 3.05) is 46.5 Å². The molecule has 0 saturated carbocycles. The van der Waals surface area contributed by atoms with Gasteiger partial charge in [0.05, 0.1) is 32.9 Å². The lowest BCUT2D eigenvalue weighted by molar-refractivity contribution is 0.0179. The normalized spacial score (nSPS) is 15.9. The molecular weight excluding hydrogens is 498 g/mol. The highest BCUT2D eigenvalue weighted by Gasteiger charge is 2.22. The van der Waals surface area contributed by atoms with Crippen molar-refractivity contribution in [3.63, 3.8) is 0 Å². The second-order valence-electron chi connectivity index (χ2n) is 6.97. The molecule has 0 amide bonds. The fraction of sp³-hybridized carbons (Fsp3) is 0.409. The van der Waals surface area contributed by atoms with E-state index >= 15 is 0 Å². The quantitative estimate of drug-likeness (QED) is 0.313. The molecule has 164 valence electrons. The van der Waals surface area contributed by atoms with Gasteiger partial charge in [-0.1, -0.05) is 24.3 Å². The number of morpholine rings is 1. The zero-order valence-corrected chi connectivity index (χ0v) is 19.6. The van der Waals surface area contributed by atoms with Gasteiger partial charge in [-0.15, -0.1) is 24.0 Å². The van der Waals surface area contributed by atoms with Crippen molar-refractivity contribution in [2.24, 2.45) is 10.7 Å². The molecule has 0 radical (unpaired) electrons. The molecule has 30 heavy (non-hydrogen) atoms. The summed E-state index contributed by atoms with van der Waals surface area (Å²) in [4.78, 5) is 6.79. The minimum Gasteiger partial charge on any atom is -0.497 e. The first-order valence-electron chi connectivity index (χ1n) is 9.89. The monoisotopic (exact) mass is 528 g/mol. The zero-order valence-electron chi connectivity index (χ0n) is 17.2. The van der Waals surface area contributed by atoms with E-state index in [4.69, 9.17) is 15.2 Å². The van der Waals surface area contributed by atoms with Crippen molar-refractivity contribution < 1.29 is 13.9 Å². The fourth-order valence-corrected chi connectivity index (χ4v) is 3.40. The van der Waals surface area contributed by atoms with E-state index in [9.17, 15) is 4.39 Å². The van der Waals surface area contributed by atoms with Crippen LogP contribution in [0.4, 0.5) is 4.39 Å². The lowest BCUT2D eigenvalue weighted by Gasteiger charge is -2.34. The lowest BCUT2D eigenvalue weighted by atomic mass is 10.0. The number of methoxy groups -OCH3 is 1. The Morgan fingerprint density at radius 2 is 1.97 bits per heavy atom. The highest BCUT2D eigenvalue weighted by atomic mass is 127. The summed E-state index contributed by atoms with van der Waals surface area (Å²) in [6, 6.07) is 14.6. The number of hydrogen-bond acceptors (Lipinski definition) is 4. The van der Waals surface area contributed by atoms with Gasteiger partial charge in [0.25, 0.3) is 0 Å². The number of nitrogens with zero attached hydrogens (tertiary/aromatic N) is 2. The molecule has 2 aromatic carbocycles. The van der Waals surface area contributed by atoms with Crippen molar-refractivity contribution in [2.45, 2.75) is 12.5 Å². The molecule has 1 aliphatic heterocycles. The van der Waals surface area contributed by atoms with Crippen molar-refractivity contribution in [1.29, 1.82) is 0 Å². The number of hydrogen-bond donors (Lipinski definition) is 2. The molecule has 3 N–H and O–H groups in total. The summed E-state index contributed by atoms with van der Waals surface area (Å²) in [5.74, 6) is 0.998. The Kier molecular flexibility index (Phi) is 10.3. The molecule has 6 nitrogen and oxygen atoms in total. The molecule has 1 saturated heterocycles. The molecule has 1 aliphatic rings. The van der Waals surface area contributed by atoms with Gasteiger partial charge in [0, 0.05) is 19.6 Å². The highest BCUT2D eigenvalue weighted by molar-refractivity contribution is 14.0. The van der Waals surface area contributed by atoms with Crippen LogP contribution in [0.3, 0.4) is 0 Å². The molecule has 3 rings (SSSR count). The van der Waals surface area contributed by atoms with Crippen LogP contribution in [0.25, 0.3) is 0 Å². The maximum atomic E-state index is 13.7. The van der Waals surface area contributed by atoms with Crippen molar-refractivity contribution >= 4 is 29.9 Å². The minimum absolute atomic E-state index is 0. The van der Waals surface area contributed by atoms with Gasteiger partial charge in [-0.2, -0.15) is 0 Å². The van der Waals surface area contributed by atoms with E-state index in [1.165, 1.54) is 11.6 Å². The van der Waals surface area contributed by atoms with Gasteiger partial charge in [-0.3, -0.25) is 9.89 Å². The predicted molar refractivity (Wildman–Crippen MR) is 128 cm³/mol. The number of rotatable bonds is 8. The van der Waals surface area contributed by atoms with Crippen LogP contribution in [0.15, 0.2) is 53.5 Å². The Hall–Kier alpha value is -1.91. The van der Waals surface area contributed by atoms with Crippen LogP contribution in [-0.2, 0) is 11.2 Å². The molecule has 0 aliphatic carbocycles. The smallest absolute Gasteiger partial charge is 0.188 e. The van der Waals surface area contributed by atoms with Gasteiger partial charge in [-0.25, -0.2) is 4.39 Å². The standard InChI is InChI=1S/C22H29FN4O2.HI/c1-28-20-7-5-17(6-8-20)9-10-25-22(24)26-16-21(27-11-13-29-14-12-27)18-3-2-4-19(23)15-18;/h2-8,15,21H,9-14,16H2,1H3,(H3,24,25,26);1H. The highest BCUT2D eigenvalue weighted by Crippen LogP contribution is 2.23. The van der Waals surface area contributed by atoms with Gasteiger partial charge in [0.15, 0.2) is 5.96 Å². The van der Waals surface area contributed by atoms with E-state index in [2.05, 4.69) is 15.2 Å². The SMILES string of the molecule is COc1ccc(CCNC(N)=NCC(c2cccc(F)c2)N2CCOCC2)cc1.I. The van der Waals surface area contributed by atoms with E-state index in [-0.39, 0.29) is 35.8 Å². The second-order valence-corrected chi connectivity index (χ2v) is 6.97. The summed E-state index contributed by atoms with van der Waals surface area (Å²) in [5, 5.41) is 3.16. The number of benzene rings is 2. The van der Waals surface area contributed by atoms with E-state index in [0.717, 1.165) is 30.8 Å². The molecule has 1 atom stereocenters. The van der Waals surface area contributed by atoms with Crippen LogP contribution in [-0.4, -0.2) is 57.4 Å². The van der Waals surface area contributed by atoms with Gasteiger partial charge in [-0.05, 0) is 41.8 Å². The second kappa shape index (κ2) is 12.7. The van der Waals surface area contributed by atoms with Gasteiger partial charge in [0.2, 0.25) is 0 Å². The average molecular weight is 528 g/mol. The van der Waals surface area contributed by atoms with Crippen LogP contribution in [0.2, 0.25) is 0 Å². The number of aliphatic imine (C=N–C) groups is 1. The number of nitrogens with one attached hydrogen (secondary N) is 1. The first-order valence-corrected chi connectivity index (χ1v) is 9.89. The van der Waals surface area contributed by atoms with Crippen LogP contribution in [0.5, 0.6) is 5.75 Å². The Morgan fingerprint density at radius 1 is 1.23 bits per heavy atom. The first-order chi connectivity index (χ1) is 14.2. The topological polar surface area (TPSA) is 72.1 Å². The first kappa shape index (κ1) is 24.4. The average Bonchev–Trinajstić information content (AvgIpc) is 2.75. The van der Waals surface area contributed by atoms with Crippen LogP contribution in [0, 0.1) is 5.82 Å². The lowest BCUT2D eigenvalue weighted by Crippen LogP contribution is -2.41. The largest absolute Gasteiger partial charge is 0.497 e. The number of nitrogens with two attached hydrogens (primary N) is 1. The molecular formula is C22H30FIN4O2. The Bertz CT molecular complexity index is 798. The number of halogens is 2. The summed E-state index contributed by atoms with van der Waals surface area (Å²) in [6.07, 6.45) is 0.830. The summed E-state index contributed by atoms with van der Waals surface area (Å²) < 4.78 is 24.4. The number of ether oxygens (including phenoxy) is 2. The van der Waals surface area contributed by atoms with E-state index < -0.39 is 0 Å². The molecule has 0 spiro atoms. The third-order valence-electron chi connectivity index (χ3n) is 5.03. The van der Waals surface area contributed by atoms with Crippen molar-refractivity contribution in [1.82, 2.24) is 10.2 Å². The fourth-order valence-electron chi connectivity index (χ4n) is 3.40. The minimum atomic E-state index is -0.240. The van der Waals surface area contributed by atoms with Crippen LogP contribution >= 0.6 is 24.0 Å². The third kappa shape index (κ3) is 7.41. The van der Waals surface area contributed by atoms with Gasteiger partial charge >= 0.3 is 0 Å². The van der Waals surface area contributed by atoms with Crippen molar-refractivity contribution in [3.05, 3.63) is 65.5 Å². The Morgan fingerprint density at radius 3 is 2.63 bits per heavy atom. The van der Waals surface area contributed by atoms with Crippen LogP contribution in [0.1, 0.15) is 17.2 Å². The van der Waals surface area contributed by atoms with E-state index in [1.807, 2.05) is 30.3 Å². The van der Waals surface area contributed by atoms with E-state index in [1.54, 1.807) is 19.2 Å². The number of guanidine groups is 1. The summed E-state index contributed by atoms with van der Waals surface area (Å²) >= 11 is 0. The molecule has 1 heterocycles. The third-order valence-corrected chi connectivity index (χ3v) is 5.03. The molecule has 0 bridgehead atoms.